The van der Waals surface area contributed by atoms with E-state index >= 15 is 0 Å². The van der Waals surface area contributed by atoms with Crippen LogP contribution in [0.4, 0.5) is 0 Å². The van der Waals surface area contributed by atoms with Crippen molar-refractivity contribution in [3.63, 3.8) is 0 Å². The summed E-state index contributed by atoms with van der Waals surface area (Å²) >= 11 is 9.43. The first-order valence-corrected chi connectivity index (χ1v) is 43.2. The Kier molecular flexibility index (Phi) is 20.1. The molecule has 23 rings (SSSR count). The van der Waals surface area contributed by atoms with Gasteiger partial charge >= 0.3 is 7.12 Å². The molecule has 0 atom stereocenters. The van der Waals surface area contributed by atoms with Crippen LogP contribution < -0.4 is 5.46 Å². The lowest BCUT2D eigenvalue weighted by atomic mass is 9.76. The van der Waals surface area contributed by atoms with E-state index in [1.165, 1.54) is 57.9 Å². The minimum Gasteiger partial charge on any atom is -0.399 e. The Bertz CT molecular complexity index is 7710. The molecule has 0 radical (unpaired) electrons. The molecule has 0 unspecified atom stereocenters. The van der Waals surface area contributed by atoms with E-state index in [0.717, 1.165) is 115 Å². The summed E-state index contributed by atoms with van der Waals surface area (Å²) in [5.41, 5.74) is 14.4. The maximum absolute atomic E-state index is 6.56. The van der Waals surface area contributed by atoms with Crippen molar-refractivity contribution in [3.8, 4) is 124 Å². The highest BCUT2D eigenvalue weighted by atomic mass is 35.5. The molecule has 1 fully saturated rings. The fraction of sp³-hybridized carbons (Fsp3) is 0.0556. The molecule has 1 saturated heterocycles. The van der Waals surface area contributed by atoms with Crippen LogP contribution >= 0.6 is 34.3 Å². The van der Waals surface area contributed by atoms with Gasteiger partial charge < -0.3 is 9.31 Å². The Hall–Kier alpha value is -14.5. The molecule has 0 N–H and O–H groups in total. The first-order chi connectivity index (χ1) is 60.8. The van der Waals surface area contributed by atoms with Gasteiger partial charge in [-0.1, -0.05) is 328 Å². The molecule has 0 spiro atoms. The van der Waals surface area contributed by atoms with Crippen LogP contribution in [0.1, 0.15) is 27.7 Å². The molecular formula is C108H74BClN10O2S2. The number of thiophene rings is 2. The van der Waals surface area contributed by atoms with Crippen molar-refractivity contribution in [3.05, 3.63) is 381 Å². The molecule has 6 aromatic heterocycles. The second kappa shape index (κ2) is 32.4. The van der Waals surface area contributed by atoms with Gasteiger partial charge in [0.05, 0.1) is 22.6 Å². The molecule has 12 nitrogen and oxygen atoms in total. The van der Waals surface area contributed by atoms with Gasteiger partial charge in [0.25, 0.3) is 0 Å². The van der Waals surface area contributed by atoms with Gasteiger partial charge in [-0.15, -0.1) is 22.7 Å². The quantitative estimate of drug-likeness (QED) is 0.0651. The average Bonchev–Trinajstić information content (AvgIpc) is 1.60. The van der Waals surface area contributed by atoms with Crippen LogP contribution in [-0.2, 0) is 9.31 Å². The first-order valence-electron chi connectivity index (χ1n) is 41.2. The number of aromatic nitrogens is 10. The van der Waals surface area contributed by atoms with Gasteiger partial charge in [-0.2, -0.15) is 0 Å². The van der Waals surface area contributed by atoms with Gasteiger partial charge in [0.2, 0.25) is 5.28 Å². The van der Waals surface area contributed by atoms with E-state index in [0.29, 0.717) is 46.1 Å². The Labute approximate surface area is 729 Å². The molecule has 16 aromatic carbocycles. The summed E-state index contributed by atoms with van der Waals surface area (Å²) in [6.07, 6.45) is 0. The second-order valence-electron chi connectivity index (χ2n) is 31.8. The van der Waals surface area contributed by atoms with Gasteiger partial charge in [0, 0.05) is 81.0 Å². The molecule has 590 valence electrons. The number of fused-ring (bicyclic) bond motifs is 12. The standard InChI is InChI=1S/C51H31N5S.C41H34BN3O2.C16H9ClN2S/c1-4-15-33(16-5-1)46-45-43-22-12-13-23-44(43)57-51(45)56-49(52-46)39-29-38(36-26-27-42-37(28-36)25-24-32-14-10-11-21-41(32)42)30-40(31-39)50-54-47(34-17-6-2-7-18-34)53-48(55-50)35-19-8-3-9-20-35;1-40(2)41(3,4)47-42(46-40)34-25-32(30-21-22-36-31(23-30)20-19-27-13-11-12-18-35(27)36)24-33(26-34)39-44-37(28-14-7-5-8-15-28)43-38(45-39)29-16-9-6-10-17-29;17-16-18-14(10-6-2-1-3-7-10)13-11-8-4-5-9-12(11)20-15(13)19-16/h1-31H;5-26H,1-4H3;1-9H. The van der Waals surface area contributed by atoms with Crippen LogP contribution in [0.2, 0.25) is 5.28 Å². The van der Waals surface area contributed by atoms with Gasteiger partial charge in [-0.25, -0.2) is 49.8 Å². The summed E-state index contributed by atoms with van der Waals surface area (Å²) in [6, 6.07) is 130. The fourth-order valence-corrected chi connectivity index (χ4v) is 18.7. The van der Waals surface area contributed by atoms with Crippen molar-refractivity contribution in [2.45, 2.75) is 38.9 Å². The highest BCUT2D eigenvalue weighted by Gasteiger charge is 2.52. The third kappa shape index (κ3) is 15.0. The SMILES string of the molecule is CC1(C)OB(c2cc(-c3ccc4c(ccc5ccccc54)c3)cc(-c3nc(-c4ccccc4)nc(-c4ccccc4)n3)c2)OC1(C)C.Clc1nc(-c2ccccc2)c2c(n1)sc1ccccc12.c1ccc(-c2nc(-c3ccccc3)nc(-c3cc(-c4ccc5c(ccc6ccccc65)c4)cc(-c4nc(-c5ccccc5)c5c(n4)sc4ccccc45)c3)n2)cc1. The summed E-state index contributed by atoms with van der Waals surface area (Å²) in [5.74, 6) is 4.26. The Morgan fingerprint density at radius 1 is 0.234 bits per heavy atom. The maximum atomic E-state index is 6.56. The van der Waals surface area contributed by atoms with Crippen LogP contribution in [-0.4, -0.2) is 68.2 Å². The highest BCUT2D eigenvalue weighted by Crippen LogP contribution is 2.45. The zero-order chi connectivity index (χ0) is 83.4. The molecule has 1 aliphatic rings. The number of nitrogens with zero attached hydrogens (tertiary/aromatic N) is 10. The van der Waals surface area contributed by atoms with Crippen molar-refractivity contribution in [2.75, 3.05) is 0 Å². The van der Waals surface area contributed by atoms with Crippen molar-refractivity contribution in [1.29, 1.82) is 0 Å². The Morgan fingerprint density at radius 2 is 0.532 bits per heavy atom. The van der Waals surface area contributed by atoms with Gasteiger partial charge in [0.1, 0.15) is 9.66 Å². The van der Waals surface area contributed by atoms with E-state index in [4.69, 9.17) is 60.8 Å². The van der Waals surface area contributed by atoms with Crippen LogP contribution in [0, 0.1) is 0 Å². The number of rotatable bonds is 12. The zero-order valence-corrected chi connectivity index (χ0v) is 70.2. The van der Waals surface area contributed by atoms with E-state index < -0.39 is 18.3 Å². The summed E-state index contributed by atoms with van der Waals surface area (Å²) < 4.78 is 15.5. The smallest absolute Gasteiger partial charge is 0.399 e. The first kappa shape index (κ1) is 76.8. The highest BCUT2D eigenvalue weighted by molar-refractivity contribution is 7.26. The molecule has 1 aliphatic heterocycles. The third-order valence-corrected chi connectivity index (χ3v) is 25.6. The Balaban J connectivity index is 0.000000126. The zero-order valence-electron chi connectivity index (χ0n) is 67.9. The summed E-state index contributed by atoms with van der Waals surface area (Å²) in [6.45, 7) is 8.32. The van der Waals surface area contributed by atoms with E-state index in [1.807, 2.05) is 170 Å². The minimum atomic E-state index is -0.549. The topological polar surface area (TPSA) is 147 Å². The van der Waals surface area contributed by atoms with E-state index in [9.17, 15) is 0 Å². The summed E-state index contributed by atoms with van der Waals surface area (Å²) in [4.78, 5) is 51.6. The van der Waals surface area contributed by atoms with E-state index in [2.05, 4.69) is 244 Å². The predicted octanol–water partition coefficient (Wildman–Crippen LogP) is 27.6. The van der Waals surface area contributed by atoms with Gasteiger partial charge in [-0.3, -0.25) is 0 Å². The van der Waals surface area contributed by atoms with Crippen LogP contribution in [0.25, 0.3) is 208 Å². The number of halogens is 1. The lowest BCUT2D eigenvalue weighted by Crippen LogP contribution is -2.41. The van der Waals surface area contributed by atoms with Crippen molar-refractivity contribution < 1.29 is 9.31 Å². The average molecular weight is 1650 g/mol. The molecule has 0 amide bonds. The van der Waals surface area contributed by atoms with Crippen LogP contribution in [0.15, 0.2) is 376 Å². The normalized spacial score (nSPS) is 12.9. The summed E-state index contributed by atoms with van der Waals surface area (Å²) in [5, 5.41) is 14.5. The molecule has 16 heteroatoms. The number of hydrogen-bond donors (Lipinski definition) is 0. The van der Waals surface area contributed by atoms with E-state index in [1.54, 1.807) is 22.7 Å². The van der Waals surface area contributed by atoms with Crippen molar-refractivity contribution in [1.82, 2.24) is 49.8 Å². The largest absolute Gasteiger partial charge is 0.494 e. The maximum Gasteiger partial charge on any atom is 0.494 e. The van der Waals surface area contributed by atoms with Crippen molar-refractivity contribution >= 4 is 131 Å². The summed E-state index contributed by atoms with van der Waals surface area (Å²) in [7, 11) is -0.549. The van der Waals surface area contributed by atoms with Crippen LogP contribution in [0.5, 0.6) is 0 Å². The second-order valence-corrected chi connectivity index (χ2v) is 34.2. The molecule has 22 aromatic rings. The molecule has 0 bridgehead atoms. The molecule has 124 heavy (non-hydrogen) atoms. The molecule has 0 aliphatic carbocycles. The van der Waals surface area contributed by atoms with Crippen LogP contribution in [0.3, 0.4) is 0 Å². The lowest BCUT2D eigenvalue weighted by molar-refractivity contribution is 0.00578. The molecule has 0 saturated carbocycles. The molecule has 7 heterocycles. The predicted molar refractivity (Wildman–Crippen MR) is 514 cm³/mol. The lowest BCUT2D eigenvalue weighted by Gasteiger charge is -2.32. The van der Waals surface area contributed by atoms with Gasteiger partial charge in [0.15, 0.2) is 40.8 Å². The monoisotopic (exact) mass is 1650 g/mol. The number of benzene rings is 16. The third-order valence-electron chi connectivity index (χ3n) is 23.3. The van der Waals surface area contributed by atoms with Gasteiger partial charge in [-0.05, 0) is 159 Å². The number of hydrogen-bond acceptors (Lipinski definition) is 14. The fourth-order valence-electron chi connectivity index (χ4n) is 16.3. The Morgan fingerprint density at radius 3 is 0.952 bits per heavy atom. The molecular weight excluding hydrogens is 1580 g/mol. The van der Waals surface area contributed by atoms with E-state index in [-0.39, 0.29) is 0 Å². The van der Waals surface area contributed by atoms with Crippen molar-refractivity contribution in [2.24, 2.45) is 0 Å². The minimum absolute atomic E-state index is 0.294.